The van der Waals surface area contributed by atoms with Crippen LogP contribution in [0.4, 0.5) is 8.78 Å². The van der Waals surface area contributed by atoms with E-state index in [-0.39, 0.29) is 28.6 Å². The Hall–Kier alpha value is -1.22. The summed E-state index contributed by atoms with van der Waals surface area (Å²) < 4.78 is 40.0. The van der Waals surface area contributed by atoms with Crippen LogP contribution in [0.3, 0.4) is 0 Å². The van der Waals surface area contributed by atoms with Crippen molar-refractivity contribution in [1.29, 1.82) is 0 Å². The molecule has 8 heteroatoms. The maximum Gasteiger partial charge on any atom is 0.188 e. The van der Waals surface area contributed by atoms with Gasteiger partial charge in [-0.3, -0.25) is 0 Å². The summed E-state index contributed by atoms with van der Waals surface area (Å²) in [6.07, 6.45) is 0. The van der Waals surface area contributed by atoms with Gasteiger partial charge in [-0.15, -0.1) is 0 Å². The van der Waals surface area contributed by atoms with Crippen LogP contribution in [0.15, 0.2) is 45.3 Å². The molecule has 2 aromatic carbocycles. The standard InChI is InChI=1S/C8H8BrFO2.C6H4BrFO.C3H8O/c1-11-5-12-6-2-3-8(10)7(9)4-6;7-5-3-4(9)1-2-6(5)8;1-3-4-2/h2-4H,5H2,1H3;1-3,9H;3H2,1-2H3. The van der Waals surface area contributed by atoms with Crippen molar-refractivity contribution in [2.24, 2.45) is 0 Å². The summed E-state index contributed by atoms with van der Waals surface area (Å²) in [6, 6.07) is 8.21. The largest absolute Gasteiger partial charge is 0.508 e. The van der Waals surface area contributed by atoms with Gasteiger partial charge in [0.15, 0.2) is 6.79 Å². The maximum absolute atomic E-state index is 12.7. The van der Waals surface area contributed by atoms with Crippen molar-refractivity contribution in [2.45, 2.75) is 6.92 Å². The van der Waals surface area contributed by atoms with Gasteiger partial charge in [0.05, 0.1) is 8.95 Å². The molecule has 0 aliphatic carbocycles. The monoisotopic (exact) mass is 484 g/mol. The molecule has 0 radical (unpaired) electrons. The number of phenols is 1. The second kappa shape index (κ2) is 14.0. The Bertz CT molecular complexity index is 626. The minimum absolute atomic E-state index is 0.0586. The average molecular weight is 486 g/mol. The zero-order chi connectivity index (χ0) is 19.2. The zero-order valence-corrected chi connectivity index (χ0v) is 17.2. The van der Waals surface area contributed by atoms with Crippen LogP contribution in [-0.4, -0.2) is 32.7 Å². The molecule has 0 spiro atoms. The SMILES string of the molecule is CCOC.COCOc1ccc(F)c(Br)c1.Oc1ccc(F)c(Br)c1. The first-order valence-corrected chi connectivity index (χ1v) is 8.64. The summed E-state index contributed by atoms with van der Waals surface area (Å²) in [5.74, 6) is -0.0408. The number of hydrogen-bond donors (Lipinski definition) is 1. The molecule has 0 heterocycles. The van der Waals surface area contributed by atoms with Crippen molar-refractivity contribution in [2.75, 3.05) is 27.6 Å². The van der Waals surface area contributed by atoms with E-state index in [4.69, 9.17) is 9.84 Å². The Morgan fingerprint density at radius 2 is 1.44 bits per heavy atom. The third kappa shape index (κ3) is 11.1. The van der Waals surface area contributed by atoms with E-state index in [9.17, 15) is 8.78 Å². The normalized spacial score (nSPS) is 9.40. The van der Waals surface area contributed by atoms with Gasteiger partial charge in [-0.1, -0.05) is 0 Å². The van der Waals surface area contributed by atoms with E-state index in [1.165, 1.54) is 31.4 Å². The molecule has 2 aromatic rings. The highest BCUT2D eigenvalue weighted by Crippen LogP contribution is 2.21. The van der Waals surface area contributed by atoms with Gasteiger partial charge >= 0.3 is 0 Å². The smallest absolute Gasteiger partial charge is 0.188 e. The van der Waals surface area contributed by atoms with E-state index < -0.39 is 0 Å². The second-order valence-corrected chi connectivity index (χ2v) is 6.01. The van der Waals surface area contributed by atoms with Gasteiger partial charge in [-0.2, -0.15) is 0 Å². The maximum atomic E-state index is 12.7. The molecule has 0 aliphatic rings. The van der Waals surface area contributed by atoms with Crippen molar-refractivity contribution in [3.63, 3.8) is 0 Å². The van der Waals surface area contributed by atoms with Gasteiger partial charge in [-0.25, -0.2) is 8.78 Å². The molecular formula is C17H20Br2F2O4. The molecule has 0 aromatic heterocycles. The molecular weight excluding hydrogens is 466 g/mol. The van der Waals surface area contributed by atoms with Crippen LogP contribution >= 0.6 is 31.9 Å². The number of methoxy groups -OCH3 is 2. The summed E-state index contributed by atoms with van der Waals surface area (Å²) in [6.45, 7) is 2.94. The molecule has 0 saturated heterocycles. The lowest BCUT2D eigenvalue weighted by Crippen LogP contribution is -1.98. The average Bonchev–Trinajstić information content (AvgIpc) is 2.60. The number of hydrogen-bond acceptors (Lipinski definition) is 4. The third-order valence-electron chi connectivity index (χ3n) is 2.43. The van der Waals surface area contributed by atoms with Crippen LogP contribution in [0.1, 0.15) is 6.92 Å². The highest BCUT2D eigenvalue weighted by Gasteiger charge is 2.00. The molecule has 1 N–H and O–H groups in total. The van der Waals surface area contributed by atoms with E-state index in [1.807, 2.05) is 6.92 Å². The highest BCUT2D eigenvalue weighted by molar-refractivity contribution is 9.10. The quantitative estimate of drug-likeness (QED) is 0.579. The van der Waals surface area contributed by atoms with Crippen molar-refractivity contribution in [3.8, 4) is 11.5 Å². The molecule has 25 heavy (non-hydrogen) atoms. The first-order chi connectivity index (χ1) is 11.8. The lowest BCUT2D eigenvalue weighted by Gasteiger charge is -2.04. The van der Waals surface area contributed by atoms with Gasteiger partial charge in [0.1, 0.15) is 23.1 Å². The molecule has 0 aliphatic heterocycles. The molecule has 0 fully saturated rings. The summed E-state index contributed by atoms with van der Waals surface area (Å²) >= 11 is 5.95. The fraction of sp³-hybridized carbons (Fsp3) is 0.294. The topological polar surface area (TPSA) is 47.9 Å². The Morgan fingerprint density at radius 3 is 1.84 bits per heavy atom. The van der Waals surface area contributed by atoms with Crippen LogP contribution in [0.25, 0.3) is 0 Å². The number of halogens is 4. The van der Waals surface area contributed by atoms with Gasteiger partial charge in [0.2, 0.25) is 0 Å². The highest BCUT2D eigenvalue weighted by atomic mass is 79.9. The molecule has 0 saturated carbocycles. The number of phenolic OH excluding ortho intramolecular Hbond substituents is 1. The third-order valence-corrected chi connectivity index (χ3v) is 3.64. The van der Waals surface area contributed by atoms with Crippen LogP contribution in [-0.2, 0) is 9.47 Å². The number of benzene rings is 2. The predicted octanol–water partition coefficient (Wildman–Crippen LogP) is 5.52. The molecule has 2 rings (SSSR count). The van der Waals surface area contributed by atoms with Crippen LogP contribution < -0.4 is 4.74 Å². The van der Waals surface area contributed by atoms with Gasteiger partial charge in [0.25, 0.3) is 0 Å². The molecule has 0 amide bonds. The lowest BCUT2D eigenvalue weighted by molar-refractivity contribution is 0.0510. The fourth-order valence-electron chi connectivity index (χ4n) is 1.18. The minimum atomic E-state index is -0.368. The molecule has 4 nitrogen and oxygen atoms in total. The van der Waals surface area contributed by atoms with E-state index in [0.717, 1.165) is 6.61 Å². The summed E-state index contributed by atoms with van der Waals surface area (Å²) in [5, 5.41) is 8.74. The Morgan fingerprint density at radius 1 is 0.920 bits per heavy atom. The Kier molecular flexibility index (Phi) is 13.3. The first-order valence-electron chi connectivity index (χ1n) is 7.05. The number of aromatic hydroxyl groups is 1. The van der Waals surface area contributed by atoms with Gasteiger partial charge in [0, 0.05) is 20.8 Å². The first kappa shape index (κ1) is 23.8. The van der Waals surface area contributed by atoms with Crippen molar-refractivity contribution in [3.05, 3.63) is 57.0 Å². The fourth-order valence-corrected chi connectivity index (χ4v) is 1.90. The molecule has 0 atom stereocenters. The lowest BCUT2D eigenvalue weighted by atomic mass is 10.3. The second-order valence-electron chi connectivity index (χ2n) is 4.30. The van der Waals surface area contributed by atoms with Crippen molar-refractivity contribution >= 4 is 31.9 Å². The Balaban J connectivity index is 0.000000391. The van der Waals surface area contributed by atoms with Crippen LogP contribution in [0.2, 0.25) is 0 Å². The Labute approximate surface area is 163 Å². The molecule has 0 unspecified atom stereocenters. The van der Waals surface area contributed by atoms with E-state index in [1.54, 1.807) is 19.2 Å². The summed E-state index contributed by atoms with van der Waals surface area (Å²) in [7, 11) is 3.21. The summed E-state index contributed by atoms with van der Waals surface area (Å²) in [4.78, 5) is 0. The van der Waals surface area contributed by atoms with E-state index in [2.05, 4.69) is 41.3 Å². The van der Waals surface area contributed by atoms with Crippen molar-refractivity contribution < 1.29 is 28.1 Å². The van der Waals surface area contributed by atoms with Crippen LogP contribution in [0.5, 0.6) is 11.5 Å². The predicted molar refractivity (Wildman–Crippen MR) is 99.9 cm³/mol. The van der Waals surface area contributed by atoms with E-state index in [0.29, 0.717) is 10.2 Å². The number of ether oxygens (including phenoxy) is 3. The molecule has 140 valence electrons. The minimum Gasteiger partial charge on any atom is -0.508 e. The number of rotatable bonds is 4. The van der Waals surface area contributed by atoms with Gasteiger partial charge < -0.3 is 19.3 Å². The van der Waals surface area contributed by atoms with Gasteiger partial charge in [-0.05, 0) is 75.2 Å². The van der Waals surface area contributed by atoms with Crippen LogP contribution in [0, 0.1) is 11.6 Å². The van der Waals surface area contributed by atoms with Crippen molar-refractivity contribution in [1.82, 2.24) is 0 Å². The zero-order valence-electron chi connectivity index (χ0n) is 14.1. The van der Waals surface area contributed by atoms with E-state index >= 15 is 0 Å². The summed E-state index contributed by atoms with van der Waals surface area (Å²) in [5.41, 5.74) is 0. The molecule has 0 bridgehead atoms.